The lowest BCUT2D eigenvalue weighted by molar-refractivity contribution is -0.142. The fourth-order valence-electron chi connectivity index (χ4n) is 3.81. The quantitative estimate of drug-likeness (QED) is 0.342. The molecule has 0 fully saturated rings. The zero-order valence-corrected chi connectivity index (χ0v) is 18.5. The van der Waals surface area contributed by atoms with Gasteiger partial charge in [-0.15, -0.1) is 0 Å². The van der Waals surface area contributed by atoms with Gasteiger partial charge in [-0.05, 0) is 58.9 Å². The topological polar surface area (TPSA) is 46.5 Å². The van der Waals surface area contributed by atoms with E-state index < -0.39 is 53.2 Å². The summed E-state index contributed by atoms with van der Waals surface area (Å²) in [4.78, 5) is 12.0. The molecule has 3 aromatic rings. The summed E-state index contributed by atoms with van der Waals surface area (Å²) in [7, 11) is 0. The lowest BCUT2D eigenvalue weighted by atomic mass is 9.85. The number of hydrogen-bond donors (Lipinski definition) is 1. The molecular formula is C26H23F5O3. The van der Waals surface area contributed by atoms with Crippen molar-refractivity contribution in [3.8, 4) is 16.9 Å². The maximum Gasteiger partial charge on any atom is 0.420 e. The number of hydrogen-bond acceptors (Lipinski definition) is 2. The first kappa shape index (κ1) is 25.2. The van der Waals surface area contributed by atoms with Gasteiger partial charge in [-0.3, -0.25) is 4.79 Å². The van der Waals surface area contributed by atoms with Crippen LogP contribution in [-0.2, 0) is 17.6 Å². The van der Waals surface area contributed by atoms with E-state index in [1.54, 1.807) is 44.2 Å². The number of alkyl halides is 3. The van der Waals surface area contributed by atoms with Crippen LogP contribution in [0.15, 0.2) is 60.7 Å². The van der Waals surface area contributed by atoms with Gasteiger partial charge in [0.05, 0.1) is 5.92 Å². The number of benzene rings is 3. The first-order chi connectivity index (χ1) is 16.0. The van der Waals surface area contributed by atoms with Crippen LogP contribution in [0.1, 0.15) is 42.9 Å². The Balaban J connectivity index is 2.21. The van der Waals surface area contributed by atoms with Crippen molar-refractivity contribution in [3.05, 3.63) is 89.0 Å². The van der Waals surface area contributed by atoms with Crippen molar-refractivity contribution >= 4 is 5.97 Å². The molecule has 0 aliphatic rings. The van der Waals surface area contributed by atoms with Crippen LogP contribution in [-0.4, -0.2) is 11.1 Å². The Morgan fingerprint density at radius 1 is 0.941 bits per heavy atom. The molecule has 0 amide bonds. The predicted molar refractivity (Wildman–Crippen MR) is 117 cm³/mol. The summed E-state index contributed by atoms with van der Waals surface area (Å²) in [5.41, 5.74) is -0.742. The molecule has 0 spiro atoms. The molecule has 180 valence electrons. The third kappa shape index (κ3) is 6.12. The highest BCUT2D eigenvalue weighted by Gasteiger charge is 2.41. The SMILES string of the molecule is CC(C)CC(C(=O)O)c1cc(-c2ccccc2)cc(OCc2cc(F)cc(F)c2)c1C(F)(F)F. The fourth-order valence-corrected chi connectivity index (χ4v) is 3.81. The third-order valence-electron chi connectivity index (χ3n) is 5.22. The first-order valence-electron chi connectivity index (χ1n) is 10.6. The van der Waals surface area contributed by atoms with Gasteiger partial charge in [0.2, 0.25) is 0 Å². The van der Waals surface area contributed by atoms with Crippen molar-refractivity contribution in [2.75, 3.05) is 0 Å². The second-order valence-electron chi connectivity index (χ2n) is 8.39. The largest absolute Gasteiger partial charge is 0.488 e. The number of ether oxygens (including phenoxy) is 1. The molecule has 0 bridgehead atoms. The Morgan fingerprint density at radius 2 is 1.56 bits per heavy atom. The minimum Gasteiger partial charge on any atom is -0.488 e. The highest BCUT2D eigenvalue weighted by Crippen LogP contribution is 2.45. The molecule has 0 aromatic heterocycles. The van der Waals surface area contributed by atoms with E-state index in [1.165, 1.54) is 12.1 Å². The molecule has 34 heavy (non-hydrogen) atoms. The van der Waals surface area contributed by atoms with Gasteiger partial charge in [-0.1, -0.05) is 44.2 Å². The Kier molecular flexibility index (Phi) is 7.59. The molecule has 0 radical (unpaired) electrons. The van der Waals surface area contributed by atoms with E-state index in [4.69, 9.17) is 4.74 Å². The minimum atomic E-state index is -4.93. The van der Waals surface area contributed by atoms with E-state index >= 15 is 0 Å². The Morgan fingerprint density at radius 3 is 2.09 bits per heavy atom. The zero-order valence-electron chi connectivity index (χ0n) is 18.5. The highest BCUT2D eigenvalue weighted by molar-refractivity contribution is 5.79. The van der Waals surface area contributed by atoms with Crippen molar-refractivity contribution < 1.29 is 36.6 Å². The Labute approximate surface area is 193 Å². The van der Waals surface area contributed by atoms with Gasteiger partial charge in [0.15, 0.2) is 0 Å². The molecular weight excluding hydrogens is 455 g/mol. The second-order valence-corrected chi connectivity index (χ2v) is 8.39. The minimum absolute atomic E-state index is 0.00532. The molecule has 3 aromatic carbocycles. The Bertz CT molecular complexity index is 1140. The highest BCUT2D eigenvalue weighted by atomic mass is 19.4. The van der Waals surface area contributed by atoms with Crippen LogP contribution < -0.4 is 4.74 Å². The summed E-state index contributed by atoms with van der Waals surface area (Å²) in [5.74, 6) is -5.41. The summed E-state index contributed by atoms with van der Waals surface area (Å²) in [6.45, 7) is 2.90. The van der Waals surface area contributed by atoms with Crippen LogP contribution in [0.4, 0.5) is 22.0 Å². The van der Waals surface area contributed by atoms with Crippen LogP contribution >= 0.6 is 0 Å². The molecule has 1 atom stereocenters. The first-order valence-corrected chi connectivity index (χ1v) is 10.6. The lowest BCUT2D eigenvalue weighted by Gasteiger charge is -2.24. The summed E-state index contributed by atoms with van der Waals surface area (Å²) >= 11 is 0. The van der Waals surface area contributed by atoms with E-state index in [0.717, 1.165) is 12.1 Å². The fraction of sp³-hybridized carbons (Fsp3) is 0.269. The second kappa shape index (κ2) is 10.2. The zero-order chi connectivity index (χ0) is 25.0. The van der Waals surface area contributed by atoms with Crippen LogP contribution in [0.2, 0.25) is 0 Å². The molecule has 8 heteroatoms. The Hall–Kier alpha value is -3.42. The van der Waals surface area contributed by atoms with Crippen LogP contribution in [0.5, 0.6) is 5.75 Å². The van der Waals surface area contributed by atoms with Gasteiger partial charge in [-0.2, -0.15) is 13.2 Å². The average molecular weight is 478 g/mol. The normalized spacial score (nSPS) is 12.6. The van der Waals surface area contributed by atoms with Gasteiger partial charge >= 0.3 is 12.1 Å². The number of rotatable bonds is 8. The van der Waals surface area contributed by atoms with Crippen LogP contribution in [0.3, 0.4) is 0 Å². The smallest absolute Gasteiger partial charge is 0.420 e. The predicted octanol–water partition coefficient (Wildman–Crippen LogP) is 7.44. The van der Waals surface area contributed by atoms with Gasteiger partial charge < -0.3 is 9.84 Å². The third-order valence-corrected chi connectivity index (χ3v) is 5.22. The maximum atomic E-state index is 14.3. The van der Waals surface area contributed by atoms with Crippen molar-refractivity contribution in [1.29, 1.82) is 0 Å². The van der Waals surface area contributed by atoms with E-state index in [1.807, 2.05) is 0 Å². The molecule has 3 nitrogen and oxygen atoms in total. The molecule has 0 saturated heterocycles. The van der Waals surface area contributed by atoms with E-state index in [-0.39, 0.29) is 17.9 Å². The van der Waals surface area contributed by atoms with Crippen molar-refractivity contribution in [2.24, 2.45) is 5.92 Å². The van der Waals surface area contributed by atoms with Gasteiger partial charge in [0.25, 0.3) is 0 Å². The van der Waals surface area contributed by atoms with Gasteiger partial charge in [0, 0.05) is 6.07 Å². The standard InChI is InChI=1S/C26H23F5O3/c1-15(2)8-22(25(32)33)21-11-18(17-6-4-3-5-7-17)12-23(24(21)26(29,30)31)34-14-16-9-19(27)13-20(28)10-16/h3-7,9-13,15,22H,8,14H2,1-2H3,(H,32,33). The van der Waals surface area contributed by atoms with Crippen LogP contribution in [0.25, 0.3) is 11.1 Å². The van der Waals surface area contributed by atoms with Gasteiger partial charge in [0.1, 0.15) is 29.6 Å². The summed E-state index contributed by atoms with van der Waals surface area (Å²) in [6.07, 6.45) is -4.96. The van der Waals surface area contributed by atoms with Crippen molar-refractivity contribution in [3.63, 3.8) is 0 Å². The molecule has 0 aliphatic heterocycles. The van der Waals surface area contributed by atoms with Gasteiger partial charge in [-0.25, -0.2) is 8.78 Å². The summed E-state index contributed by atoms with van der Waals surface area (Å²) < 4.78 is 75.3. The maximum absolute atomic E-state index is 14.3. The molecule has 1 unspecified atom stereocenters. The number of aliphatic carboxylic acids is 1. The summed E-state index contributed by atoms with van der Waals surface area (Å²) in [6, 6.07) is 13.4. The number of carbonyl (C=O) groups is 1. The molecule has 0 heterocycles. The molecule has 0 saturated carbocycles. The van der Waals surface area contributed by atoms with E-state index in [0.29, 0.717) is 17.2 Å². The molecule has 1 N–H and O–H groups in total. The average Bonchev–Trinajstić information content (AvgIpc) is 2.74. The summed E-state index contributed by atoms with van der Waals surface area (Å²) in [5, 5.41) is 9.80. The van der Waals surface area contributed by atoms with Crippen molar-refractivity contribution in [2.45, 2.75) is 39.0 Å². The number of carboxylic acid groups (broad SMARTS) is 1. The van der Waals surface area contributed by atoms with Crippen LogP contribution in [0, 0.1) is 17.6 Å². The monoisotopic (exact) mass is 478 g/mol. The number of halogens is 5. The number of carboxylic acids is 1. The van der Waals surface area contributed by atoms with Crippen molar-refractivity contribution in [1.82, 2.24) is 0 Å². The molecule has 0 aliphatic carbocycles. The van der Waals surface area contributed by atoms with E-state index in [2.05, 4.69) is 0 Å². The molecule has 3 rings (SSSR count). The lowest BCUT2D eigenvalue weighted by Crippen LogP contribution is -2.21. The van der Waals surface area contributed by atoms with E-state index in [9.17, 15) is 31.9 Å².